The molecule has 0 fully saturated rings. The van der Waals surface area contributed by atoms with Gasteiger partial charge < -0.3 is 15.0 Å². The first-order valence-corrected chi connectivity index (χ1v) is 15.7. The number of benzene rings is 4. The van der Waals surface area contributed by atoms with Crippen LogP contribution in [0.15, 0.2) is 112 Å². The second-order valence-corrected chi connectivity index (χ2v) is 12.9. The molecule has 0 saturated heterocycles. The molecule has 1 N–H and O–H groups in total. The monoisotopic (exact) mass is 667 g/mol. The van der Waals surface area contributed by atoms with E-state index < -0.39 is 28.6 Å². The van der Waals surface area contributed by atoms with Gasteiger partial charge in [-0.15, -0.1) is 0 Å². The number of rotatable bonds is 9. The Morgan fingerprint density at radius 2 is 1.60 bits per heavy atom. The van der Waals surface area contributed by atoms with Crippen LogP contribution in [0.25, 0.3) is 0 Å². The number of hydrogen-bond acceptors (Lipinski definition) is 5. The molecule has 0 radical (unpaired) electrons. The molecule has 11 heteroatoms. The van der Waals surface area contributed by atoms with Crippen molar-refractivity contribution in [2.24, 2.45) is 0 Å². The summed E-state index contributed by atoms with van der Waals surface area (Å²) in [5.41, 5.74) is 1.92. The van der Waals surface area contributed by atoms with Gasteiger partial charge in [0, 0.05) is 22.6 Å². The predicted molar refractivity (Wildman–Crippen MR) is 165 cm³/mol. The summed E-state index contributed by atoms with van der Waals surface area (Å²) in [6, 6.07) is 29.4. The number of carbonyl (C=O) groups excluding carboxylic acids is 2. The van der Waals surface area contributed by atoms with Crippen molar-refractivity contribution in [2.45, 2.75) is 24.1 Å². The van der Waals surface area contributed by atoms with Gasteiger partial charge in [-0.2, -0.15) is 4.31 Å². The molecule has 1 aliphatic rings. The number of nitrogens with zero attached hydrogens (tertiary/aromatic N) is 2. The first kappa shape index (κ1) is 29.8. The number of hydrogen-bond donors (Lipinski definition) is 1. The van der Waals surface area contributed by atoms with Crippen LogP contribution in [-0.2, 0) is 32.7 Å². The van der Waals surface area contributed by atoms with E-state index in [4.69, 9.17) is 16.3 Å². The van der Waals surface area contributed by atoms with Gasteiger partial charge in [0.05, 0.1) is 23.7 Å². The number of anilines is 1. The van der Waals surface area contributed by atoms with E-state index in [1.807, 2.05) is 30.3 Å². The van der Waals surface area contributed by atoms with E-state index in [-0.39, 0.29) is 23.9 Å². The van der Waals surface area contributed by atoms with Crippen LogP contribution in [-0.4, -0.2) is 43.7 Å². The average Bonchev–Trinajstić information content (AvgIpc) is 3.00. The fraction of sp³-hybridized carbons (Fsp3) is 0.161. The normalized spacial score (nSPS) is 14.6. The molecule has 4 aromatic rings. The van der Waals surface area contributed by atoms with Crippen LogP contribution in [0.3, 0.4) is 0 Å². The van der Waals surface area contributed by atoms with Gasteiger partial charge in [-0.3, -0.25) is 9.59 Å². The maximum absolute atomic E-state index is 13.9. The van der Waals surface area contributed by atoms with E-state index in [0.29, 0.717) is 28.6 Å². The molecule has 2 amide bonds. The minimum atomic E-state index is -4.12. The van der Waals surface area contributed by atoms with Crippen molar-refractivity contribution in [1.29, 1.82) is 0 Å². The van der Waals surface area contributed by atoms with Crippen molar-refractivity contribution in [3.05, 3.63) is 124 Å². The van der Waals surface area contributed by atoms with Gasteiger partial charge in [0.25, 0.3) is 5.91 Å². The Labute approximate surface area is 258 Å². The van der Waals surface area contributed by atoms with Gasteiger partial charge >= 0.3 is 0 Å². The van der Waals surface area contributed by atoms with Gasteiger partial charge in [-0.05, 0) is 53.6 Å². The summed E-state index contributed by atoms with van der Waals surface area (Å²) in [5, 5.41) is 3.24. The van der Waals surface area contributed by atoms with Crippen LogP contribution < -0.4 is 15.0 Å². The van der Waals surface area contributed by atoms with Crippen LogP contribution in [0.4, 0.5) is 5.69 Å². The largest absolute Gasteiger partial charge is 0.477 e. The standard InChI is InChI=1S/C31H27BrClN3O5S/c32-24-14-16-25(17-15-24)42(39,40)35(19-23-10-4-5-11-26(23)33)21-30(37)36-20-29(41-28-13-7-6-12-27(28)36)31(38)34-18-22-8-2-1-3-9-22/h1-17,29H,18-21H2,(H,34,38)/t29-/m1/s1. The summed E-state index contributed by atoms with van der Waals surface area (Å²) in [6.07, 6.45) is -0.993. The summed E-state index contributed by atoms with van der Waals surface area (Å²) in [7, 11) is -4.12. The number of halogens is 2. The zero-order chi connectivity index (χ0) is 29.7. The number of fused-ring (bicyclic) bond motifs is 1. The zero-order valence-corrected chi connectivity index (χ0v) is 25.5. The average molecular weight is 669 g/mol. The molecule has 0 spiro atoms. The molecule has 5 rings (SSSR count). The lowest BCUT2D eigenvalue weighted by molar-refractivity contribution is -0.128. The number of nitrogens with one attached hydrogen (secondary N) is 1. The van der Waals surface area contributed by atoms with Crippen molar-refractivity contribution >= 4 is 55.1 Å². The maximum Gasteiger partial charge on any atom is 0.263 e. The summed E-state index contributed by atoms with van der Waals surface area (Å²) < 4.78 is 35.4. The number of sulfonamides is 1. The van der Waals surface area contributed by atoms with Crippen molar-refractivity contribution in [3.8, 4) is 5.75 Å². The molecule has 42 heavy (non-hydrogen) atoms. The fourth-order valence-electron chi connectivity index (χ4n) is 4.54. The lowest BCUT2D eigenvalue weighted by Crippen LogP contribution is -2.52. The van der Waals surface area contributed by atoms with Crippen molar-refractivity contribution in [1.82, 2.24) is 9.62 Å². The van der Waals surface area contributed by atoms with E-state index in [1.165, 1.54) is 17.0 Å². The lowest BCUT2D eigenvalue weighted by Gasteiger charge is -2.35. The SMILES string of the molecule is O=C(NCc1ccccc1)[C@H]1CN(C(=O)CN(Cc2ccccc2Cl)S(=O)(=O)c2ccc(Br)cc2)c2ccccc2O1. The molecule has 0 bridgehead atoms. The number of amides is 2. The highest BCUT2D eigenvalue weighted by molar-refractivity contribution is 9.10. The van der Waals surface area contributed by atoms with E-state index in [9.17, 15) is 18.0 Å². The third kappa shape index (κ3) is 6.84. The smallest absolute Gasteiger partial charge is 0.263 e. The molecule has 216 valence electrons. The Morgan fingerprint density at radius 1 is 0.929 bits per heavy atom. The second-order valence-electron chi connectivity index (χ2n) is 9.60. The third-order valence-corrected chi connectivity index (χ3v) is 9.45. The molecule has 1 atom stereocenters. The van der Waals surface area contributed by atoms with Gasteiger partial charge in [0.15, 0.2) is 6.10 Å². The lowest BCUT2D eigenvalue weighted by atomic mass is 10.1. The zero-order valence-electron chi connectivity index (χ0n) is 22.3. The summed E-state index contributed by atoms with van der Waals surface area (Å²) in [6.45, 7) is -0.409. The second kappa shape index (κ2) is 13.1. The predicted octanol–water partition coefficient (Wildman–Crippen LogP) is 5.40. The minimum absolute atomic E-state index is 0.0334. The molecule has 0 unspecified atom stereocenters. The molecule has 1 aliphatic heterocycles. The highest BCUT2D eigenvalue weighted by Gasteiger charge is 2.36. The van der Waals surface area contributed by atoms with E-state index in [0.717, 1.165) is 14.3 Å². The highest BCUT2D eigenvalue weighted by Crippen LogP contribution is 2.34. The summed E-state index contributed by atoms with van der Waals surface area (Å²) in [4.78, 5) is 28.5. The first-order valence-electron chi connectivity index (χ1n) is 13.1. The quantitative estimate of drug-likeness (QED) is 0.258. The minimum Gasteiger partial charge on any atom is -0.477 e. The third-order valence-electron chi connectivity index (χ3n) is 6.74. The number of para-hydroxylation sites is 2. The van der Waals surface area contributed by atoms with E-state index in [1.54, 1.807) is 60.7 Å². The van der Waals surface area contributed by atoms with Crippen LogP contribution >= 0.6 is 27.5 Å². The summed E-state index contributed by atoms with van der Waals surface area (Å²) in [5.74, 6) is -0.550. The molecule has 0 saturated carbocycles. The topological polar surface area (TPSA) is 96.0 Å². The van der Waals surface area contributed by atoms with Crippen LogP contribution in [0.1, 0.15) is 11.1 Å². The Morgan fingerprint density at radius 3 is 2.33 bits per heavy atom. The van der Waals surface area contributed by atoms with Crippen molar-refractivity contribution in [3.63, 3.8) is 0 Å². The molecular formula is C31H27BrClN3O5S. The maximum atomic E-state index is 13.9. The molecule has 4 aromatic carbocycles. The summed E-state index contributed by atoms with van der Waals surface area (Å²) >= 11 is 9.71. The molecule has 0 aromatic heterocycles. The van der Waals surface area contributed by atoms with Gasteiger partial charge in [-0.25, -0.2) is 8.42 Å². The van der Waals surface area contributed by atoms with Gasteiger partial charge in [0.1, 0.15) is 5.75 Å². The van der Waals surface area contributed by atoms with Crippen LogP contribution in [0.2, 0.25) is 5.02 Å². The van der Waals surface area contributed by atoms with Crippen molar-refractivity contribution in [2.75, 3.05) is 18.0 Å². The Hall–Kier alpha value is -3.70. The number of carbonyl (C=O) groups is 2. The van der Waals surface area contributed by atoms with E-state index in [2.05, 4.69) is 21.2 Å². The molecular weight excluding hydrogens is 642 g/mol. The molecule has 8 nitrogen and oxygen atoms in total. The molecule has 1 heterocycles. The van der Waals surface area contributed by atoms with E-state index >= 15 is 0 Å². The highest BCUT2D eigenvalue weighted by atomic mass is 79.9. The number of ether oxygens (including phenoxy) is 1. The van der Waals surface area contributed by atoms with Gasteiger partial charge in [0.2, 0.25) is 15.9 Å². The Bertz CT molecular complexity index is 1690. The van der Waals surface area contributed by atoms with Crippen LogP contribution in [0.5, 0.6) is 5.75 Å². The Balaban J connectivity index is 1.41. The van der Waals surface area contributed by atoms with Crippen molar-refractivity contribution < 1.29 is 22.7 Å². The van der Waals surface area contributed by atoms with Gasteiger partial charge in [-0.1, -0.05) is 88.2 Å². The Kier molecular flexibility index (Phi) is 9.27. The first-order chi connectivity index (χ1) is 20.2. The molecule has 0 aliphatic carbocycles. The fourth-order valence-corrected chi connectivity index (χ4v) is 6.37. The van der Waals surface area contributed by atoms with Crippen LogP contribution in [0, 0.1) is 0 Å².